The molecule has 1 saturated heterocycles. The predicted molar refractivity (Wildman–Crippen MR) is 96.1 cm³/mol. The summed E-state index contributed by atoms with van der Waals surface area (Å²) < 4.78 is 0. The molecule has 0 radical (unpaired) electrons. The molecule has 0 bridgehead atoms. The molecule has 6 nitrogen and oxygen atoms in total. The summed E-state index contributed by atoms with van der Waals surface area (Å²) >= 11 is 0. The highest BCUT2D eigenvalue weighted by molar-refractivity contribution is 5.96. The fourth-order valence-electron chi connectivity index (χ4n) is 2.94. The van der Waals surface area contributed by atoms with Crippen LogP contribution in [0.1, 0.15) is 26.7 Å². The van der Waals surface area contributed by atoms with Crippen LogP contribution in [0.25, 0.3) is 0 Å². The number of carbonyl (C=O) groups is 2. The van der Waals surface area contributed by atoms with Gasteiger partial charge in [0.05, 0.1) is 6.04 Å². The van der Waals surface area contributed by atoms with Crippen LogP contribution in [0.2, 0.25) is 0 Å². The number of hydrogen-bond acceptors (Lipinski definition) is 3. The van der Waals surface area contributed by atoms with Crippen LogP contribution in [-0.2, 0) is 4.79 Å². The molecule has 0 spiro atoms. The van der Waals surface area contributed by atoms with Crippen LogP contribution in [-0.4, -0.2) is 55.6 Å². The summed E-state index contributed by atoms with van der Waals surface area (Å²) in [7, 11) is 0. The first-order valence-electron chi connectivity index (χ1n) is 8.76. The predicted octanol–water partition coefficient (Wildman–Crippen LogP) is 1.82. The van der Waals surface area contributed by atoms with Gasteiger partial charge in [0, 0.05) is 25.2 Å². The Labute approximate surface area is 144 Å². The number of urea groups is 1. The van der Waals surface area contributed by atoms with Gasteiger partial charge in [-0.05, 0) is 38.2 Å². The maximum atomic E-state index is 12.1. The van der Waals surface area contributed by atoms with Gasteiger partial charge in [0.25, 0.3) is 0 Å². The fourth-order valence-corrected chi connectivity index (χ4v) is 2.94. The van der Waals surface area contributed by atoms with E-state index in [1.54, 1.807) is 4.90 Å². The number of rotatable bonds is 8. The van der Waals surface area contributed by atoms with E-state index in [0.29, 0.717) is 19.5 Å². The largest absolute Gasteiger partial charge is 0.338 e. The molecular weight excluding hydrogens is 304 g/mol. The molecule has 1 atom stereocenters. The zero-order valence-corrected chi connectivity index (χ0v) is 14.6. The maximum absolute atomic E-state index is 12.1. The smallest absolute Gasteiger partial charge is 0.315 e. The fraction of sp³-hybridized carbons (Fsp3) is 0.556. The van der Waals surface area contributed by atoms with Gasteiger partial charge in [0.2, 0.25) is 5.91 Å². The van der Waals surface area contributed by atoms with Crippen LogP contribution in [0.15, 0.2) is 30.3 Å². The van der Waals surface area contributed by atoms with E-state index in [0.717, 1.165) is 31.7 Å². The number of benzene rings is 1. The number of nitrogens with zero attached hydrogens (tertiary/aromatic N) is 2. The van der Waals surface area contributed by atoms with Gasteiger partial charge in [0.1, 0.15) is 0 Å². The number of nitrogens with one attached hydrogen (secondary N) is 2. The zero-order chi connectivity index (χ0) is 17.4. The summed E-state index contributed by atoms with van der Waals surface area (Å²) in [4.78, 5) is 28.1. The standard InChI is InChI=1S/C18H28N4O2/c1-3-21(4-2)12-8-11-19-18(24)20-15-13-17(23)22(14-15)16-9-6-5-7-10-16/h5-7,9-10,15H,3-4,8,11-14H2,1-2H3,(H2,19,20,24)/t15-/m0/s1. The van der Waals surface area contributed by atoms with Crippen molar-refractivity contribution in [2.75, 3.05) is 37.6 Å². The summed E-state index contributed by atoms with van der Waals surface area (Å²) in [6.07, 6.45) is 1.27. The number of amides is 3. The Kier molecular flexibility index (Phi) is 7.06. The highest BCUT2D eigenvalue weighted by atomic mass is 16.2. The van der Waals surface area contributed by atoms with Crippen LogP contribution < -0.4 is 15.5 Å². The van der Waals surface area contributed by atoms with E-state index >= 15 is 0 Å². The van der Waals surface area contributed by atoms with Crippen LogP contribution in [0.5, 0.6) is 0 Å². The third-order valence-electron chi connectivity index (χ3n) is 4.36. The molecule has 1 aromatic rings. The highest BCUT2D eigenvalue weighted by Gasteiger charge is 2.31. The van der Waals surface area contributed by atoms with Gasteiger partial charge >= 0.3 is 6.03 Å². The lowest BCUT2D eigenvalue weighted by molar-refractivity contribution is -0.117. The second-order valence-corrected chi connectivity index (χ2v) is 6.02. The van der Waals surface area contributed by atoms with Crippen LogP contribution >= 0.6 is 0 Å². The van der Waals surface area contributed by atoms with E-state index in [-0.39, 0.29) is 18.0 Å². The quantitative estimate of drug-likeness (QED) is 0.714. The molecule has 2 N–H and O–H groups in total. The third kappa shape index (κ3) is 5.23. The SMILES string of the molecule is CCN(CC)CCCNC(=O)N[C@H]1CC(=O)N(c2ccccc2)C1. The van der Waals surface area contributed by atoms with E-state index in [9.17, 15) is 9.59 Å². The number of hydrogen-bond donors (Lipinski definition) is 2. The Morgan fingerprint density at radius 2 is 1.96 bits per heavy atom. The van der Waals surface area contributed by atoms with Gasteiger partial charge in [-0.3, -0.25) is 4.79 Å². The number of anilines is 1. The van der Waals surface area contributed by atoms with Crippen molar-refractivity contribution in [2.24, 2.45) is 0 Å². The molecule has 1 aliphatic rings. The van der Waals surface area contributed by atoms with E-state index in [2.05, 4.69) is 29.4 Å². The second-order valence-electron chi connectivity index (χ2n) is 6.02. The van der Waals surface area contributed by atoms with E-state index in [4.69, 9.17) is 0 Å². The van der Waals surface area contributed by atoms with Crippen molar-refractivity contribution in [3.8, 4) is 0 Å². The van der Waals surface area contributed by atoms with Crippen LogP contribution in [0.4, 0.5) is 10.5 Å². The first-order valence-corrected chi connectivity index (χ1v) is 8.76. The summed E-state index contributed by atoms with van der Waals surface area (Å²) in [5.74, 6) is 0.0491. The number of carbonyl (C=O) groups excluding carboxylic acids is 2. The van der Waals surface area contributed by atoms with Gasteiger partial charge < -0.3 is 20.4 Å². The third-order valence-corrected chi connectivity index (χ3v) is 4.36. The second kappa shape index (κ2) is 9.27. The maximum Gasteiger partial charge on any atom is 0.315 e. The molecule has 2 rings (SSSR count). The van der Waals surface area contributed by atoms with Crippen molar-refractivity contribution in [1.82, 2.24) is 15.5 Å². The molecule has 1 heterocycles. The topological polar surface area (TPSA) is 64.7 Å². The van der Waals surface area contributed by atoms with Crippen molar-refractivity contribution in [2.45, 2.75) is 32.7 Å². The van der Waals surface area contributed by atoms with Gasteiger partial charge in [-0.15, -0.1) is 0 Å². The molecule has 24 heavy (non-hydrogen) atoms. The van der Waals surface area contributed by atoms with Crippen LogP contribution in [0.3, 0.4) is 0 Å². The average molecular weight is 332 g/mol. The lowest BCUT2D eigenvalue weighted by atomic mass is 10.2. The Morgan fingerprint density at radius 3 is 2.62 bits per heavy atom. The van der Waals surface area contributed by atoms with Gasteiger partial charge in [-0.1, -0.05) is 32.0 Å². The van der Waals surface area contributed by atoms with Crippen molar-refractivity contribution in [1.29, 1.82) is 0 Å². The molecular formula is C18H28N4O2. The number of para-hydroxylation sites is 1. The molecule has 1 aromatic carbocycles. The first kappa shape index (κ1) is 18.3. The lowest BCUT2D eigenvalue weighted by Crippen LogP contribution is -2.44. The minimum atomic E-state index is -0.192. The minimum Gasteiger partial charge on any atom is -0.338 e. The lowest BCUT2D eigenvalue weighted by Gasteiger charge is -2.19. The molecule has 1 aliphatic heterocycles. The summed E-state index contributed by atoms with van der Waals surface area (Å²) in [5.41, 5.74) is 0.881. The molecule has 0 unspecified atom stereocenters. The summed E-state index contributed by atoms with van der Waals surface area (Å²) in [6.45, 7) is 8.49. The Hall–Kier alpha value is -2.08. The van der Waals surface area contributed by atoms with Gasteiger partial charge in [0.15, 0.2) is 0 Å². The van der Waals surface area contributed by atoms with Crippen molar-refractivity contribution in [3.63, 3.8) is 0 Å². The van der Waals surface area contributed by atoms with Gasteiger partial charge in [-0.2, -0.15) is 0 Å². The first-order chi connectivity index (χ1) is 11.6. The molecule has 6 heteroatoms. The van der Waals surface area contributed by atoms with Crippen molar-refractivity contribution in [3.05, 3.63) is 30.3 Å². The van der Waals surface area contributed by atoms with Crippen LogP contribution in [0, 0.1) is 0 Å². The zero-order valence-electron chi connectivity index (χ0n) is 14.6. The molecule has 0 saturated carbocycles. The Balaban J connectivity index is 1.70. The van der Waals surface area contributed by atoms with E-state index in [1.165, 1.54) is 0 Å². The minimum absolute atomic E-state index is 0.0491. The molecule has 0 aromatic heterocycles. The van der Waals surface area contributed by atoms with Crippen molar-refractivity contribution >= 4 is 17.6 Å². The monoisotopic (exact) mass is 332 g/mol. The molecule has 0 aliphatic carbocycles. The molecule has 3 amide bonds. The summed E-state index contributed by atoms with van der Waals surface area (Å²) in [6, 6.07) is 9.23. The Morgan fingerprint density at radius 1 is 1.25 bits per heavy atom. The highest BCUT2D eigenvalue weighted by Crippen LogP contribution is 2.20. The Bertz CT molecular complexity index is 531. The molecule has 132 valence electrons. The summed E-state index contributed by atoms with van der Waals surface area (Å²) in [5, 5.41) is 5.77. The molecule has 1 fully saturated rings. The normalized spacial score (nSPS) is 17.4. The van der Waals surface area contributed by atoms with Gasteiger partial charge in [-0.25, -0.2) is 4.79 Å². The average Bonchev–Trinajstić information content (AvgIpc) is 2.96. The van der Waals surface area contributed by atoms with E-state index < -0.39 is 0 Å². The van der Waals surface area contributed by atoms with Crippen molar-refractivity contribution < 1.29 is 9.59 Å². The van der Waals surface area contributed by atoms with E-state index in [1.807, 2.05) is 30.3 Å².